The molecule has 0 saturated heterocycles. The summed E-state index contributed by atoms with van der Waals surface area (Å²) in [6.07, 6.45) is 1.77. The summed E-state index contributed by atoms with van der Waals surface area (Å²) in [7, 11) is -3.81. The van der Waals surface area contributed by atoms with Crippen molar-refractivity contribution < 1.29 is 8.42 Å². The van der Waals surface area contributed by atoms with E-state index in [1.165, 1.54) is 6.07 Å². The van der Waals surface area contributed by atoms with Crippen molar-refractivity contribution in [3.8, 4) is 0 Å². The van der Waals surface area contributed by atoms with Gasteiger partial charge in [0.25, 0.3) is 0 Å². The summed E-state index contributed by atoms with van der Waals surface area (Å²) in [4.78, 5) is 5.11. The predicted molar refractivity (Wildman–Crippen MR) is 76.4 cm³/mol. The Bertz CT molecular complexity index is 694. The fourth-order valence-electron chi connectivity index (χ4n) is 1.62. The van der Waals surface area contributed by atoms with Crippen LogP contribution in [0, 0.1) is 6.92 Å². The lowest BCUT2D eigenvalue weighted by molar-refractivity contribution is 0.598. The fourth-order valence-corrected chi connectivity index (χ4v) is 3.03. The molecule has 0 aliphatic heterocycles. The third-order valence-electron chi connectivity index (χ3n) is 2.49. The Balaban J connectivity index is 2.22. The Hall–Kier alpha value is -1.64. The van der Waals surface area contributed by atoms with Crippen molar-refractivity contribution >= 4 is 32.7 Å². The van der Waals surface area contributed by atoms with Crippen molar-refractivity contribution in [2.45, 2.75) is 18.4 Å². The van der Waals surface area contributed by atoms with Gasteiger partial charge in [-0.3, -0.25) is 0 Å². The van der Waals surface area contributed by atoms with Crippen molar-refractivity contribution in [2.75, 3.05) is 11.1 Å². The number of thiazole rings is 1. The van der Waals surface area contributed by atoms with Gasteiger partial charge in [0.05, 0.1) is 22.9 Å². The Morgan fingerprint density at radius 3 is 2.74 bits per heavy atom. The first kappa shape index (κ1) is 13.8. The predicted octanol–water partition coefficient (Wildman–Crippen LogP) is 1.29. The van der Waals surface area contributed by atoms with Crippen LogP contribution in [0.3, 0.4) is 0 Å². The minimum absolute atomic E-state index is 0.0713. The molecule has 2 aromatic rings. The van der Waals surface area contributed by atoms with Gasteiger partial charge in [0, 0.05) is 11.1 Å². The molecule has 1 aromatic heterocycles. The average molecular weight is 298 g/mol. The number of hydrogen-bond acceptors (Lipinski definition) is 6. The number of nitrogen functional groups attached to an aromatic ring is 1. The van der Waals surface area contributed by atoms with E-state index in [2.05, 4.69) is 10.3 Å². The van der Waals surface area contributed by atoms with E-state index in [-0.39, 0.29) is 10.6 Å². The highest BCUT2D eigenvalue weighted by Gasteiger charge is 2.14. The highest BCUT2D eigenvalue weighted by Crippen LogP contribution is 2.26. The zero-order chi connectivity index (χ0) is 14.0. The molecule has 102 valence electrons. The number of aryl methyl sites for hydroxylation is 1. The maximum atomic E-state index is 11.3. The van der Waals surface area contributed by atoms with Gasteiger partial charge in [-0.15, -0.1) is 11.3 Å². The molecule has 0 saturated carbocycles. The quantitative estimate of drug-likeness (QED) is 0.737. The van der Waals surface area contributed by atoms with E-state index in [1.54, 1.807) is 29.7 Å². The Kier molecular flexibility index (Phi) is 3.74. The number of aromatic nitrogens is 1. The largest absolute Gasteiger partial charge is 0.396 e. The molecule has 0 spiro atoms. The van der Waals surface area contributed by atoms with Crippen LogP contribution in [-0.2, 0) is 16.6 Å². The van der Waals surface area contributed by atoms with Crippen LogP contribution in [-0.4, -0.2) is 13.4 Å². The van der Waals surface area contributed by atoms with E-state index in [4.69, 9.17) is 10.9 Å². The van der Waals surface area contributed by atoms with Crippen LogP contribution in [0.4, 0.5) is 11.4 Å². The monoisotopic (exact) mass is 298 g/mol. The van der Waals surface area contributed by atoms with Gasteiger partial charge in [0.1, 0.15) is 4.90 Å². The molecule has 0 aliphatic rings. The summed E-state index contributed by atoms with van der Waals surface area (Å²) in [5.41, 5.74) is 6.48. The van der Waals surface area contributed by atoms with Crippen molar-refractivity contribution in [3.63, 3.8) is 0 Å². The van der Waals surface area contributed by atoms with Crippen LogP contribution in [0.5, 0.6) is 0 Å². The maximum Gasteiger partial charge on any atom is 0.240 e. The fraction of sp³-hybridized carbons (Fsp3) is 0.182. The highest BCUT2D eigenvalue weighted by molar-refractivity contribution is 7.89. The molecule has 19 heavy (non-hydrogen) atoms. The number of nitrogens with one attached hydrogen (secondary N) is 1. The molecule has 2 rings (SSSR count). The molecular formula is C11H14N4O2S2. The van der Waals surface area contributed by atoms with Gasteiger partial charge in [-0.25, -0.2) is 18.5 Å². The molecule has 1 heterocycles. The molecule has 0 bridgehead atoms. The van der Waals surface area contributed by atoms with Crippen LogP contribution in [0.1, 0.15) is 9.88 Å². The second kappa shape index (κ2) is 5.16. The van der Waals surface area contributed by atoms with Crippen molar-refractivity contribution in [3.05, 3.63) is 34.3 Å². The summed E-state index contributed by atoms with van der Waals surface area (Å²) in [5.74, 6) is 0. The third kappa shape index (κ3) is 3.22. The van der Waals surface area contributed by atoms with Crippen molar-refractivity contribution in [1.82, 2.24) is 4.98 Å². The number of benzene rings is 1. The number of rotatable bonds is 4. The number of sulfonamides is 1. The summed E-state index contributed by atoms with van der Waals surface area (Å²) in [5, 5.41) is 9.15. The SMILES string of the molecule is Cc1ncc(CNc2cccc(S(N)(=O)=O)c2N)s1. The van der Waals surface area contributed by atoms with E-state index in [1.807, 2.05) is 6.92 Å². The normalized spacial score (nSPS) is 11.5. The molecule has 6 nitrogen and oxygen atoms in total. The van der Waals surface area contributed by atoms with E-state index < -0.39 is 10.0 Å². The highest BCUT2D eigenvalue weighted by atomic mass is 32.2. The first-order chi connectivity index (χ1) is 8.88. The number of nitrogens with zero attached hydrogens (tertiary/aromatic N) is 1. The van der Waals surface area contributed by atoms with Crippen LogP contribution in [0.25, 0.3) is 0 Å². The minimum Gasteiger partial charge on any atom is -0.396 e. The Morgan fingerprint density at radius 2 is 2.16 bits per heavy atom. The molecule has 0 atom stereocenters. The lowest BCUT2D eigenvalue weighted by Crippen LogP contribution is -2.15. The molecule has 1 aromatic carbocycles. The van der Waals surface area contributed by atoms with Gasteiger partial charge in [-0.1, -0.05) is 6.07 Å². The van der Waals surface area contributed by atoms with E-state index >= 15 is 0 Å². The number of anilines is 2. The van der Waals surface area contributed by atoms with E-state index in [9.17, 15) is 8.42 Å². The Labute approximate surface area is 115 Å². The van der Waals surface area contributed by atoms with E-state index in [0.717, 1.165) is 9.88 Å². The molecule has 0 fully saturated rings. The molecular weight excluding hydrogens is 284 g/mol. The molecule has 5 N–H and O–H groups in total. The average Bonchev–Trinajstić information content (AvgIpc) is 2.72. The second-order valence-corrected chi connectivity index (χ2v) is 6.81. The first-order valence-electron chi connectivity index (χ1n) is 5.44. The summed E-state index contributed by atoms with van der Waals surface area (Å²) in [6.45, 7) is 2.45. The van der Waals surface area contributed by atoms with Crippen LogP contribution < -0.4 is 16.2 Å². The first-order valence-corrected chi connectivity index (χ1v) is 7.80. The van der Waals surface area contributed by atoms with Crippen LogP contribution in [0.15, 0.2) is 29.3 Å². The number of hydrogen-bond donors (Lipinski definition) is 3. The van der Waals surface area contributed by atoms with Gasteiger partial charge in [-0.2, -0.15) is 0 Å². The van der Waals surface area contributed by atoms with Crippen LogP contribution in [0.2, 0.25) is 0 Å². The number of primary sulfonamides is 1. The summed E-state index contributed by atoms with van der Waals surface area (Å²) < 4.78 is 22.7. The van der Waals surface area contributed by atoms with Crippen molar-refractivity contribution in [1.29, 1.82) is 0 Å². The lowest BCUT2D eigenvalue weighted by Gasteiger charge is -2.11. The smallest absolute Gasteiger partial charge is 0.240 e. The third-order valence-corrected chi connectivity index (χ3v) is 4.38. The number of para-hydroxylation sites is 1. The zero-order valence-corrected chi connectivity index (χ0v) is 11.9. The molecule has 8 heteroatoms. The van der Waals surface area contributed by atoms with Gasteiger partial charge >= 0.3 is 0 Å². The maximum absolute atomic E-state index is 11.3. The topological polar surface area (TPSA) is 111 Å². The summed E-state index contributed by atoms with van der Waals surface area (Å²) >= 11 is 1.57. The summed E-state index contributed by atoms with van der Waals surface area (Å²) in [6, 6.07) is 4.68. The van der Waals surface area contributed by atoms with Gasteiger partial charge in [-0.05, 0) is 19.1 Å². The standard InChI is InChI=1S/C11H14N4O2S2/c1-7-14-5-8(18-7)6-15-9-3-2-4-10(11(9)12)19(13,16)17/h2-5,15H,6,12H2,1H3,(H2,13,16,17). The Morgan fingerprint density at radius 1 is 1.42 bits per heavy atom. The molecule has 0 aliphatic carbocycles. The lowest BCUT2D eigenvalue weighted by atomic mass is 10.2. The molecule has 0 radical (unpaired) electrons. The molecule has 0 unspecified atom stereocenters. The van der Waals surface area contributed by atoms with Gasteiger partial charge < -0.3 is 11.1 Å². The second-order valence-electron chi connectivity index (χ2n) is 3.96. The van der Waals surface area contributed by atoms with E-state index in [0.29, 0.717) is 12.2 Å². The van der Waals surface area contributed by atoms with Gasteiger partial charge in [0.15, 0.2) is 0 Å². The zero-order valence-electron chi connectivity index (χ0n) is 10.3. The van der Waals surface area contributed by atoms with Crippen molar-refractivity contribution in [2.24, 2.45) is 5.14 Å². The van der Waals surface area contributed by atoms with Gasteiger partial charge in [0.2, 0.25) is 10.0 Å². The molecule has 0 amide bonds. The minimum atomic E-state index is -3.81. The van der Waals surface area contributed by atoms with Crippen LogP contribution >= 0.6 is 11.3 Å². The number of nitrogens with two attached hydrogens (primary N) is 2.